The molecule has 0 aromatic heterocycles. The second-order valence-electron chi connectivity index (χ2n) is 4.49. The van der Waals surface area contributed by atoms with E-state index in [1.165, 1.54) is 0 Å². The van der Waals surface area contributed by atoms with Crippen LogP contribution in [0.5, 0.6) is 0 Å². The summed E-state index contributed by atoms with van der Waals surface area (Å²) >= 11 is 9.21. The topological polar surface area (TPSA) is 58.6 Å². The summed E-state index contributed by atoms with van der Waals surface area (Å²) < 4.78 is 6.17. The standard InChI is InChI=1S/C13H15BrClNO3/c14-10-6-8(3-4-11(10)15)12(13(17)18)16-7-9-2-1-5-19-9/h3-4,6,9,12,16H,1-2,5,7H2,(H,17,18). The molecule has 1 aromatic rings. The smallest absolute Gasteiger partial charge is 0.325 e. The maximum absolute atomic E-state index is 11.3. The average molecular weight is 349 g/mol. The molecule has 0 radical (unpaired) electrons. The van der Waals surface area contributed by atoms with Crippen molar-refractivity contribution in [3.8, 4) is 0 Å². The number of carboxylic acid groups (broad SMARTS) is 1. The van der Waals surface area contributed by atoms with Gasteiger partial charge in [-0.1, -0.05) is 17.7 Å². The van der Waals surface area contributed by atoms with Gasteiger partial charge in [-0.3, -0.25) is 10.1 Å². The molecular weight excluding hydrogens is 334 g/mol. The molecule has 4 nitrogen and oxygen atoms in total. The fourth-order valence-corrected chi connectivity index (χ4v) is 2.61. The van der Waals surface area contributed by atoms with Crippen molar-refractivity contribution in [3.63, 3.8) is 0 Å². The Labute approximate surface area is 125 Å². The summed E-state index contributed by atoms with van der Waals surface area (Å²) in [5.41, 5.74) is 0.668. The molecule has 2 rings (SSSR count). The van der Waals surface area contributed by atoms with E-state index in [9.17, 15) is 9.90 Å². The lowest BCUT2D eigenvalue weighted by atomic mass is 10.1. The number of hydrogen-bond acceptors (Lipinski definition) is 3. The van der Waals surface area contributed by atoms with E-state index in [0.29, 0.717) is 21.6 Å². The zero-order valence-electron chi connectivity index (χ0n) is 10.2. The predicted octanol–water partition coefficient (Wildman–Crippen LogP) is 3.00. The number of nitrogens with one attached hydrogen (secondary N) is 1. The van der Waals surface area contributed by atoms with Gasteiger partial charge in [0.15, 0.2) is 0 Å². The lowest BCUT2D eigenvalue weighted by Crippen LogP contribution is -2.34. The Kier molecular flexibility index (Phi) is 5.21. The number of rotatable bonds is 5. The van der Waals surface area contributed by atoms with Crippen LogP contribution in [0.15, 0.2) is 22.7 Å². The molecule has 6 heteroatoms. The van der Waals surface area contributed by atoms with Gasteiger partial charge in [0.2, 0.25) is 0 Å². The van der Waals surface area contributed by atoms with Crippen molar-refractivity contribution in [2.45, 2.75) is 25.0 Å². The summed E-state index contributed by atoms with van der Waals surface area (Å²) in [6.45, 7) is 1.30. The minimum atomic E-state index is -0.910. The van der Waals surface area contributed by atoms with E-state index in [1.54, 1.807) is 18.2 Å². The molecule has 1 aliphatic heterocycles. The van der Waals surface area contributed by atoms with Crippen LogP contribution in [0, 0.1) is 0 Å². The zero-order valence-corrected chi connectivity index (χ0v) is 12.6. The Morgan fingerprint density at radius 1 is 1.63 bits per heavy atom. The van der Waals surface area contributed by atoms with E-state index in [0.717, 1.165) is 19.4 Å². The Morgan fingerprint density at radius 2 is 2.42 bits per heavy atom. The van der Waals surface area contributed by atoms with Crippen LogP contribution in [-0.2, 0) is 9.53 Å². The van der Waals surface area contributed by atoms with Gasteiger partial charge in [0.05, 0.1) is 11.1 Å². The van der Waals surface area contributed by atoms with Crippen molar-refractivity contribution in [1.29, 1.82) is 0 Å². The van der Waals surface area contributed by atoms with Gasteiger partial charge < -0.3 is 9.84 Å². The van der Waals surface area contributed by atoms with Gasteiger partial charge in [-0.2, -0.15) is 0 Å². The Balaban J connectivity index is 2.05. The van der Waals surface area contributed by atoms with Gasteiger partial charge in [-0.25, -0.2) is 0 Å². The number of hydrogen-bond donors (Lipinski definition) is 2. The van der Waals surface area contributed by atoms with Crippen molar-refractivity contribution in [2.24, 2.45) is 0 Å². The third-order valence-corrected chi connectivity index (χ3v) is 4.31. The highest BCUT2D eigenvalue weighted by Gasteiger charge is 2.23. The van der Waals surface area contributed by atoms with Gasteiger partial charge in [-0.05, 0) is 46.5 Å². The van der Waals surface area contributed by atoms with E-state index in [1.807, 2.05) is 0 Å². The van der Waals surface area contributed by atoms with Crippen molar-refractivity contribution < 1.29 is 14.6 Å². The van der Waals surface area contributed by atoms with Gasteiger partial charge in [0.25, 0.3) is 0 Å². The molecule has 1 aliphatic rings. The first-order chi connectivity index (χ1) is 9.08. The Bertz CT molecular complexity index is 463. The van der Waals surface area contributed by atoms with Gasteiger partial charge >= 0.3 is 5.97 Å². The minimum Gasteiger partial charge on any atom is -0.480 e. The summed E-state index contributed by atoms with van der Waals surface area (Å²) in [6.07, 6.45) is 2.12. The molecule has 2 atom stereocenters. The first kappa shape index (κ1) is 14.8. The molecule has 1 fully saturated rings. The third-order valence-electron chi connectivity index (χ3n) is 3.10. The Morgan fingerprint density at radius 3 is 3.00 bits per heavy atom. The highest BCUT2D eigenvalue weighted by Crippen LogP contribution is 2.26. The van der Waals surface area contributed by atoms with Gasteiger partial charge in [0, 0.05) is 17.6 Å². The van der Waals surface area contributed by atoms with Crippen LogP contribution >= 0.6 is 27.5 Å². The van der Waals surface area contributed by atoms with Crippen molar-refractivity contribution >= 4 is 33.5 Å². The molecular formula is C13H15BrClNO3. The molecule has 1 heterocycles. The predicted molar refractivity (Wildman–Crippen MR) is 76.5 cm³/mol. The first-order valence-electron chi connectivity index (χ1n) is 6.10. The number of carboxylic acids is 1. The molecule has 2 unspecified atom stereocenters. The van der Waals surface area contributed by atoms with E-state index in [-0.39, 0.29) is 6.10 Å². The lowest BCUT2D eigenvalue weighted by molar-refractivity contribution is -0.139. The average Bonchev–Trinajstić information content (AvgIpc) is 2.86. The molecule has 104 valence electrons. The van der Waals surface area contributed by atoms with Crippen LogP contribution in [0.3, 0.4) is 0 Å². The van der Waals surface area contributed by atoms with E-state index in [2.05, 4.69) is 21.2 Å². The van der Waals surface area contributed by atoms with E-state index in [4.69, 9.17) is 16.3 Å². The highest BCUT2D eigenvalue weighted by molar-refractivity contribution is 9.10. The van der Waals surface area contributed by atoms with Crippen LogP contribution < -0.4 is 5.32 Å². The fourth-order valence-electron chi connectivity index (χ4n) is 2.09. The fraction of sp³-hybridized carbons (Fsp3) is 0.462. The van der Waals surface area contributed by atoms with E-state index < -0.39 is 12.0 Å². The third kappa shape index (κ3) is 3.92. The normalized spacial score (nSPS) is 20.4. The maximum atomic E-state index is 11.3. The van der Waals surface area contributed by atoms with Crippen LogP contribution in [0.25, 0.3) is 0 Å². The molecule has 0 bridgehead atoms. The molecule has 0 saturated carbocycles. The van der Waals surface area contributed by atoms with Crippen molar-refractivity contribution in [2.75, 3.05) is 13.2 Å². The number of benzene rings is 1. The maximum Gasteiger partial charge on any atom is 0.325 e. The molecule has 1 saturated heterocycles. The minimum absolute atomic E-state index is 0.109. The highest BCUT2D eigenvalue weighted by atomic mass is 79.9. The largest absolute Gasteiger partial charge is 0.480 e. The number of carbonyl (C=O) groups is 1. The Hall–Kier alpha value is -0.620. The van der Waals surface area contributed by atoms with Gasteiger partial charge in [0.1, 0.15) is 6.04 Å². The molecule has 19 heavy (non-hydrogen) atoms. The molecule has 1 aromatic carbocycles. The van der Waals surface area contributed by atoms with Crippen LogP contribution in [0.4, 0.5) is 0 Å². The monoisotopic (exact) mass is 347 g/mol. The lowest BCUT2D eigenvalue weighted by Gasteiger charge is -2.18. The van der Waals surface area contributed by atoms with Crippen LogP contribution in [-0.4, -0.2) is 30.3 Å². The van der Waals surface area contributed by atoms with Crippen molar-refractivity contribution in [1.82, 2.24) is 5.32 Å². The second kappa shape index (κ2) is 6.70. The summed E-state index contributed by atoms with van der Waals surface area (Å²) in [5, 5.41) is 12.9. The summed E-state index contributed by atoms with van der Waals surface area (Å²) in [4.78, 5) is 11.3. The molecule has 0 aliphatic carbocycles. The zero-order chi connectivity index (χ0) is 13.8. The molecule has 0 spiro atoms. The number of aliphatic carboxylic acids is 1. The van der Waals surface area contributed by atoms with Crippen molar-refractivity contribution in [3.05, 3.63) is 33.3 Å². The summed E-state index contributed by atoms with van der Waals surface area (Å²) in [6, 6.07) is 4.38. The van der Waals surface area contributed by atoms with Gasteiger partial charge in [-0.15, -0.1) is 0 Å². The number of halogens is 2. The quantitative estimate of drug-likeness (QED) is 0.859. The summed E-state index contributed by atoms with van der Waals surface area (Å²) in [7, 11) is 0. The first-order valence-corrected chi connectivity index (χ1v) is 7.28. The SMILES string of the molecule is O=C(O)C(NCC1CCCO1)c1ccc(Cl)c(Br)c1. The van der Waals surface area contributed by atoms with E-state index >= 15 is 0 Å². The van der Waals surface area contributed by atoms with Crippen LogP contribution in [0.2, 0.25) is 5.02 Å². The second-order valence-corrected chi connectivity index (χ2v) is 5.75. The molecule has 0 amide bonds. The summed E-state index contributed by atoms with van der Waals surface area (Å²) in [5.74, 6) is -0.910. The van der Waals surface area contributed by atoms with Crippen LogP contribution in [0.1, 0.15) is 24.4 Å². The number of ether oxygens (including phenoxy) is 1. The molecule has 2 N–H and O–H groups in total.